The molecule has 0 spiro atoms. The highest BCUT2D eigenvalue weighted by Gasteiger charge is 2.43. The lowest BCUT2D eigenvalue weighted by Gasteiger charge is -2.23. The van der Waals surface area contributed by atoms with Gasteiger partial charge in [0.1, 0.15) is 5.75 Å². The molecule has 0 radical (unpaired) electrons. The van der Waals surface area contributed by atoms with Gasteiger partial charge in [0, 0.05) is 19.4 Å². The van der Waals surface area contributed by atoms with Crippen molar-refractivity contribution in [2.45, 2.75) is 45.1 Å². The number of rotatable bonds is 8. The zero-order chi connectivity index (χ0) is 17.6. The Morgan fingerprint density at radius 1 is 1.33 bits per heavy atom. The normalized spacial score (nSPS) is 19.9. The highest BCUT2D eigenvalue weighted by atomic mass is 16.5. The Morgan fingerprint density at radius 2 is 2.12 bits per heavy atom. The lowest BCUT2D eigenvalue weighted by molar-refractivity contribution is -0.147. The summed E-state index contributed by atoms with van der Waals surface area (Å²) in [4.78, 5) is 23.3. The van der Waals surface area contributed by atoms with Crippen LogP contribution in [0.4, 0.5) is 0 Å². The van der Waals surface area contributed by atoms with Crippen molar-refractivity contribution in [3.05, 3.63) is 29.3 Å². The van der Waals surface area contributed by atoms with Crippen LogP contribution >= 0.6 is 0 Å². The number of nitrogens with one attached hydrogen (secondary N) is 1. The first-order valence-corrected chi connectivity index (χ1v) is 8.25. The molecule has 1 amide bonds. The Bertz CT molecular complexity index is 593. The second kappa shape index (κ2) is 8.15. The number of ether oxygens (including phenoxy) is 2. The fraction of sp³-hybridized carbons (Fsp3) is 0.556. The Balaban J connectivity index is 1.69. The van der Waals surface area contributed by atoms with Crippen molar-refractivity contribution >= 4 is 11.9 Å². The van der Waals surface area contributed by atoms with Gasteiger partial charge in [0.05, 0.1) is 13.2 Å². The fourth-order valence-electron chi connectivity index (χ4n) is 2.65. The third-order valence-electron chi connectivity index (χ3n) is 4.21. The molecule has 24 heavy (non-hydrogen) atoms. The van der Waals surface area contributed by atoms with Crippen LogP contribution in [0.2, 0.25) is 0 Å². The topological polar surface area (TPSA) is 84.9 Å². The van der Waals surface area contributed by atoms with Gasteiger partial charge in [-0.15, -0.1) is 0 Å². The smallest absolute Gasteiger partial charge is 0.331 e. The first-order valence-electron chi connectivity index (χ1n) is 8.25. The van der Waals surface area contributed by atoms with Crippen molar-refractivity contribution in [1.82, 2.24) is 5.32 Å². The van der Waals surface area contributed by atoms with Gasteiger partial charge in [0.25, 0.3) is 0 Å². The Morgan fingerprint density at radius 3 is 2.79 bits per heavy atom. The molecule has 0 aliphatic carbocycles. The van der Waals surface area contributed by atoms with Gasteiger partial charge in [0.15, 0.2) is 5.54 Å². The van der Waals surface area contributed by atoms with Crippen LogP contribution in [0, 0.1) is 13.8 Å². The van der Waals surface area contributed by atoms with E-state index in [1.54, 1.807) is 0 Å². The van der Waals surface area contributed by atoms with Crippen molar-refractivity contribution in [2.75, 3.05) is 19.8 Å². The maximum absolute atomic E-state index is 12.0. The molecule has 1 fully saturated rings. The van der Waals surface area contributed by atoms with Crippen LogP contribution < -0.4 is 10.1 Å². The second-order valence-electron chi connectivity index (χ2n) is 6.31. The maximum atomic E-state index is 12.0. The van der Waals surface area contributed by atoms with E-state index in [2.05, 4.69) is 5.32 Å². The average molecular weight is 335 g/mol. The van der Waals surface area contributed by atoms with E-state index in [9.17, 15) is 14.7 Å². The molecule has 132 valence electrons. The van der Waals surface area contributed by atoms with Crippen LogP contribution in [-0.4, -0.2) is 42.3 Å². The summed E-state index contributed by atoms with van der Waals surface area (Å²) in [6.45, 7) is 4.93. The van der Waals surface area contributed by atoms with E-state index in [1.165, 1.54) is 0 Å². The zero-order valence-electron chi connectivity index (χ0n) is 14.3. The number of hydrogen-bond acceptors (Lipinski definition) is 4. The van der Waals surface area contributed by atoms with Gasteiger partial charge in [-0.1, -0.05) is 12.1 Å². The molecule has 1 heterocycles. The largest absolute Gasteiger partial charge is 0.493 e. The number of carbonyl (C=O) groups excluding carboxylic acids is 1. The summed E-state index contributed by atoms with van der Waals surface area (Å²) in [6, 6.07) is 6.06. The lowest BCUT2D eigenvalue weighted by Crippen LogP contribution is -2.55. The van der Waals surface area contributed by atoms with Crippen LogP contribution in [-0.2, 0) is 14.3 Å². The number of hydrogen-bond donors (Lipinski definition) is 2. The summed E-state index contributed by atoms with van der Waals surface area (Å²) in [5, 5.41) is 11.9. The van der Waals surface area contributed by atoms with Gasteiger partial charge in [0.2, 0.25) is 5.91 Å². The van der Waals surface area contributed by atoms with Gasteiger partial charge in [-0.3, -0.25) is 4.79 Å². The van der Waals surface area contributed by atoms with E-state index >= 15 is 0 Å². The first-order chi connectivity index (χ1) is 11.4. The molecule has 0 aromatic heterocycles. The summed E-state index contributed by atoms with van der Waals surface area (Å²) >= 11 is 0. The molecule has 2 N–H and O–H groups in total. The predicted molar refractivity (Wildman–Crippen MR) is 89.2 cm³/mol. The number of amides is 1. The number of carbonyl (C=O) groups is 2. The van der Waals surface area contributed by atoms with Gasteiger partial charge in [-0.05, 0) is 43.9 Å². The Hall–Kier alpha value is -2.08. The molecular formula is C18H25NO5. The van der Waals surface area contributed by atoms with Crippen molar-refractivity contribution in [3.8, 4) is 5.75 Å². The van der Waals surface area contributed by atoms with Crippen LogP contribution in [0.25, 0.3) is 0 Å². The van der Waals surface area contributed by atoms with Crippen molar-refractivity contribution in [1.29, 1.82) is 0 Å². The molecule has 6 nitrogen and oxygen atoms in total. The summed E-state index contributed by atoms with van der Waals surface area (Å²) in [7, 11) is 0. The number of aryl methyl sites for hydroxylation is 2. The third-order valence-corrected chi connectivity index (χ3v) is 4.21. The minimum Gasteiger partial charge on any atom is -0.493 e. The average Bonchev–Trinajstić information content (AvgIpc) is 3.00. The van der Waals surface area contributed by atoms with Crippen LogP contribution in [0.5, 0.6) is 5.75 Å². The molecule has 1 saturated heterocycles. The molecule has 0 saturated carbocycles. The Kier molecular flexibility index (Phi) is 6.20. The molecule has 1 aromatic rings. The second-order valence-corrected chi connectivity index (χ2v) is 6.31. The molecule has 1 unspecified atom stereocenters. The fourth-order valence-corrected chi connectivity index (χ4v) is 2.65. The zero-order valence-corrected chi connectivity index (χ0v) is 14.3. The first kappa shape index (κ1) is 18.3. The summed E-state index contributed by atoms with van der Waals surface area (Å²) in [5.74, 6) is -0.423. The van der Waals surface area contributed by atoms with E-state index < -0.39 is 11.5 Å². The molecule has 6 heteroatoms. The number of carboxylic acid groups (broad SMARTS) is 1. The van der Waals surface area contributed by atoms with E-state index in [1.807, 2.05) is 32.0 Å². The summed E-state index contributed by atoms with van der Waals surface area (Å²) in [6.07, 6.45) is 1.97. The van der Waals surface area contributed by atoms with Gasteiger partial charge >= 0.3 is 5.97 Å². The van der Waals surface area contributed by atoms with E-state index in [4.69, 9.17) is 9.47 Å². The summed E-state index contributed by atoms with van der Waals surface area (Å²) in [5.41, 5.74) is 0.974. The van der Waals surface area contributed by atoms with Gasteiger partial charge in [-0.2, -0.15) is 0 Å². The minimum absolute atomic E-state index is 0.0316. The molecule has 1 aliphatic heterocycles. The third kappa shape index (κ3) is 4.71. The van der Waals surface area contributed by atoms with Crippen LogP contribution in [0.3, 0.4) is 0 Å². The minimum atomic E-state index is -1.26. The van der Waals surface area contributed by atoms with Gasteiger partial charge in [-0.25, -0.2) is 4.79 Å². The number of unbranched alkanes of at least 4 members (excludes halogenated alkanes) is 1. The van der Waals surface area contributed by atoms with Crippen LogP contribution in [0.15, 0.2) is 18.2 Å². The number of benzene rings is 1. The Labute approximate surface area is 142 Å². The highest BCUT2D eigenvalue weighted by molar-refractivity contribution is 5.87. The molecule has 1 aromatic carbocycles. The van der Waals surface area contributed by atoms with E-state index in [-0.39, 0.29) is 18.9 Å². The van der Waals surface area contributed by atoms with E-state index in [0.29, 0.717) is 26.1 Å². The van der Waals surface area contributed by atoms with E-state index in [0.717, 1.165) is 23.3 Å². The predicted octanol–water partition coefficient (Wildman–Crippen LogP) is 2.21. The van der Waals surface area contributed by atoms with Crippen molar-refractivity contribution < 1.29 is 24.2 Å². The SMILES string of the molecule is Cc1ccc(C)c(OCCCCC(=O)NC2(C(=O)O)CCOC2)c1. The van der Waals surface area contributed by atoms with Crippen molar-refractivity contribution in [3.63, 3.8) is 0 Å². The monoisotopic (exact) mass is 335 g/mol. The standard InChI is InChI=1S/C18H25NO5/c1-13-6-7-14(2)15(11-13)24-9-4-3-5-16(20)19-18(17(21)22)8-10-23-12-18/h6-7,11H,3-5,8-10,12H2,1-2H3,(H,19,20)(H,21,22). The molecule has 2 rings (SSSR count). The molecule has 1 atom stereocenters. The quantitative estimate of drug-likeness (QED) is 0.712. The lowest BCUT2D eigenvalue weighted by atomic mass is 9.98. The molecular weight excluding hydrogens is 310 g/mol. The summed E-state index contributed by atoms with van der Waals surface area (Å²) < 4.78 is 10.9. The number of carboxylic acids is 1. The van der Waals surface area contributed by atoms with Gasteiger partial charge < -0.3 is 19.9 Å². The highest BCUT2D eigenvalue weighted by Crippen LogP contribution is 2.20. The van der Waals surface area contributed by atoms with Crippen LogP contribution in [0.1, 0.15) is 36.8 Å². The molecule has 0 bridgehead atoms. The number of aliphatic carboxylic acids is 1. The van der Waals surface area contributed by atoms with Crippen molar-refractivity contribution in [2.24, 2.45) is 0 Å². The maximum Gasteiger partial charge on any atom is 0.331 e. The molecule has 1 aliphatic rings.